The van der Waals surface area contributed by atoms with Gasteiger partial charge in [0.2, 0.25) is 11.8 Å². The third-order valence-corrected chi connectivity index (χ3v) is 5.19. The molecule has 2 atom stereocenters. The van der Waals surface area contributed by atoms with E-state index in [4.69, 9.17) is 4.74 Å². The van der Waals surface area contributed by atoms with Gasteiger partial charge in [-0.05, 0) is 50.6 Å². The molecular formula is C19H28ClN3O3. The third kappa shape index (κ3) is 4.13. The number of likely N-dealkylation sites (tertiary alicyclic amines) is 1. The normalized spacial score (nSPS) is 22.5. The summed E-state index contributed by atoms with van der Waals surface area (Å²) < 4.78 is 5.40. The van der Waals surface area contributed by atoms with Crippen LogP contribution in [0.25, 0.3) is 0 Å². The summed E-state index contributed by atoms with van der Waals surface area (Å²) in [7, 11) is 3.54. The van der Waals surface area contributed by atoms with E-state index in [0.717, 1.165) is 37.3 Å². The highest BCUT2D eigenvalue weighted by Gasteiger charge is 2.39. The molecule has 1 aromatic rings. The zero-order valence-corrected chi connectivity index (χ0v) is 16.5. The van der Waals surface area contributed by atoms with Crippen LogP contribution in [0.4, 0.5) is 5.69 Å². The van der Waals surface area contributed by atoms with E-state index in [2.05, 4.69) is 5.32 Å². The first-order chi connectivity index (χ1) is 12.0. The van der Waals surface area contributed by atoms with Gasteiger partial charge >= 0.3 is 0 Å². The molecule has 0 radical (unpaired) electrons. The van der Waals surface area contributed by atoms with Crippen LogP contribution in [0, 0.1) is 18.8 Å². The number of hydrogen-bond acceptors (Lipinski definition) is 4. The van der Waals surface area contributed by atoms with Crippen LogP contribution in [-0.4, -0.2) is 57.1 Å². The van der Waals surface area contributed by atoms with Gasteiger partial charge in [-0.3, -0.25) is 9.59 Å². The van der Waals surface area contributed by atoms with Gasteiger partial charge < -0.3 is 19.9 Å². The van der Waals surface area contributed by atoms with Gasteiger partial charge in [-0.1, -0.05) is 6.07 Å². The first-order valence-electron chi connectivity index (χ1n) is 8.92. The van der Waals surface area contributed by atoms with Crippen molar-refractivity contribution in [2.24, 2.45) is 11.8 Å². The molecule has 0 aliphatic carbocycles. The van der Waals surface area contributed by atoms with Crippen LogP contribution in [0.5, 0.6) is 5.75 Å². The van der Waals surface area contributed by atoms with Crippen molar-refractivity contribution in [1.29, 1.82) is 0 Å². The maximum absolute atomic E-state index is 12.8. The van der Waals surface area contributed by atoms with Gasteiger partial charge in [0, 0.05) is 26.1 Å². The van der Waals surface area contributed by atoms with E-state index in [1.54, 1.807) is 12.0 Å². The number of anilines is 1. The standard InChI is InChI=1S/C19H27N3O3.ClH/c1-13-4-5-17(25-3)16(8-13)22-12-15(9-18(22)23)19(24)21-7-6-14(11-21)10-20-2;/h4-5,8,14-15,20H,6-7,9-12H2,1-3H3;1H. The van der Waals surface area contributed by atoms with Crippen molar-refractivity contribution in [3.8, 4) is 5.75 Å². The molecule has 7 heteroatoms. The van der Waals surface area contributed by atoms with Crippen molar-refractivity contribution < 1.29 is 14.3 Å². The van der Waals surface area contributed by atoms with Gasteiger partial charge in [0.15, 0.2) is 0 Å². The molecule has 2 heterocycles. The van der Waals surface area contributed by atoms with Crippen molar-refractivity contribution >= 4 is 29.9 Å². The minimum absolute atomic E-state index is 0. The zero-order chi connectivity index (χ0) is 18.0. The van der Waals surface area contributed by atoms with Crippen molar-refractivity contribution in [2.75, 3.05) is 45.2 Å². The number of halogens is 1. The van der Waals surface area contributed by atoms with Gasteiger partial charge in [0.05, 0.1) is 18.7 Å². The summed E-state index contributed by atoms with van der Waals surface area (Å²) in [6.07, 6.45) is 1.31. The first-order valence-corrected chi connectivity index (χ1v) is 8.92. The number of nitrogens with zero attached hydrogens (tertiary/aromatic N) is 2. The number of nitrogens with one attached hydrogen (secondary N) is 1. The molecule has 1 N–H and O–H groups in total. The van der Waals surface area contributed by atoms with Gasteiger partial charge in [0.25, 0.3) is 0 Å². The summed E-state index contributed by atoms with van der Waals surface area (Å²) in [6.45, 7) is 4.94. The summed E-state index contributed by atoms with van der Waals surface area (Å²) in [5.41, 5.74) is 1.82. The topological polar surface area (TPSA) is 61.9 Å². The predicted octanol–water partition coefficient (Wildman–Crippen LogP) is 1.85. The number of amides is 2. The lowest BCUT2D eigenvalue weighted by Crippen LogP contribution is -2.36. The van der Waals surface area contributed by atoms with Crippen LogP contribution in [0.3, 0.4) is 0 Å². The lowest BCUT2D eigenvalue weighted by molar-refractivity contribution is -0.134. The average molecular weight is 382 g/mol. The second-order valence-corrected chi connectivity index (χ2v) is 7.08. The molecular weight excluding hydrogens is 354 g/mol. The number of rotatable bonds is 5. The fourth-order valence-electron chi connectivity index (χ4n) is 3.86. The van der Waals surface area contributed by atoms with Crippen LogP contribution in [0.15, 0.2) is 18.2 Å². The Morgan fingerprint density at radius 1 is 1.35 bits per heavy atom. The quantitative estimate of drug-likeness (QED) is 0.845. The predicted molar refractivity (Wildman–Crippen MR) is 104 cm³/mol. The maximum atomic E-state index is 12.8. The molecule has 2 fully saturated rings. The number of aryl methyl sites for hydroxylation is 1. The zero-order valence-electron chi connectivity index (χ0n) is 15.7. The summed E-state index contributed by atoms with van der Waals surface area (Å²) in [5.74, 6) is 1.03. The van der Waals surface area contributed by atoms with Gasteiger partial charge in [0.1, 0.15) is 5.75 Å². The molecule has 1 aromatic carbocycles. The Kier molecular flexibility index (Phi) is 6.89. The fraction of sp³-hybridized carbons (Fsp3) is 0.579. The molecule has 2 aliphatic rings. The number of methoxy groups -OCH3 is 1. The molecule has 144 valence electrons. The summed E-state index contributed by atoms with van der Waals surface area (Å²) >= 11 is 0. The Morgan fingerprint density at radius 2 is 2.12 bits per heavy atom. The maximum Gasteiger partial charge on any atom is 0.228 e. The second kappa shape index (κ2) is 8.73. The molecule has 2 saturated heterocycles. The highest BCUT2D eigenvalue weighted by Crippen LogP contribution is 2.34. The number of carbonyl (C=O) groups is 2. The lowest BCUT2D eigenvalue weighted by Gasteiger charge is -2.22. The van der Waals surface area contributed by atoms with Gasteiger partial charge in [-0.15, -0.1) is 12.4 Å². The van der Waals surface area contributed by atoms with Gasteiger partial charge in [-0.2, -0.15) is 0 Å². The van der Waals surface area contributed by atoms with Crippen LogP contribution in [0.2, 0.25) is 0 Å². The van der Waals surface area contributed by atoms with Crippen molar-refractivity contribution in [1.82, 2.24) is 10.2 Å². The van der Waals surface area contributed by atoms with Crippen LogP contribution < -0.4 is 15.0 Å². The number of hydrogen-bond donors (Lipinski definition) is 1. The molecule has 0 saturated carbocycles. The molecule has 26 heavy (non-hydrogen) atoms. The minimum Gasteiger partial charge on any atom is -0.495 e. The van der Waals surface area contributed by atoms with E-state index in [0.29, 0.717) is 18.2 Å². The van der Waals surface area contributed by atoms with E-state index in [9.17, 15) is 9.59 Å². The van der Waals surface area contributed by atoms with Crippen LogP contribution in [-0.2, 0) is 9.59 Å². The van der Waals surface area contributed by atoms with Crippen LogP contribution in [0.1, 0.15) is 18.4 Å². The molecule has 2 amide bonds. The number of ether oxygens (including phenoxy) is 1. The number of benzene rings is 1. The molecule has 2 unspecified atom stereocenters. The Balaban J connectivity index is 0.00000243. The van der Waals surface area contributed by atoms with Crippen LogP contribution >= 0.6 is 12.4 Å². The highest BCUT2D eigenvalue weighted by molar-refractivity contribution is 6.01. The Labute approximate surface area is 161 Å². The summed E-state index contributed by atoms with van der Waals surface area (Å²) in [6, 6.07) is 5.77. The second-order valence-electron chi connectivity index (χ2n) is 7.08. The molecule has 0 aromatic heterocycles. The molecule has 6 nitrogen and oxygen atoms in total. The molecule has 0 bridgehead atoms. The van der Waals surface area contributed by atoms with Crippen molar-refractivity contribution in [3.63, 3.8) is 0 Å². The first kappa shape index (κ1) is 20.5. The Bertz CT molecular complexity index is 667. The van der Waals surface area contributed by atoms with Gasteiger partial charge in [-0.25, -0.2) is 0 Å². The highest BCUT2D eigenvalue weighted by atomic mass is 35.5. The summed E-state index contributed by atoms with van der Waals surface area (Å²) in [5, 5.41) is 3.18. The van der Waals surface area contributed by atoms with Crippen molar-refractivity contribution in [3.05, 3.63) is 23.8 Å². The summed E-state index contributed by atoms with van der Waals surface area (Å²) in [4.78, 5) is 29.0. The fourth-order valence-corrected chi connectivity index (χ4v) is 3.86. The van der Waals surface area contributed by atoms with E-state index in [1.165, 1.54) is 0 Å². The average Bonchev–Trinajstić information content (AvgIpc) is 3.21. The van der Waals surface area contributed by atoms with E-state index < -0.39 is 0 Å². The van der Waals surface area contributed by atoms with E-state index >= 15 is 0 Å². The van der Waals surface area contributed by atoms with Crippen molar-refractivity contribution in [2.45, 2.75) is 19.8 Å². The lowest BCUT2D eigenvalue weighted by atomic mass is 10.1. The monoisotopic (exact) mass is 381 g/mol. The Morgan fingerprint density at radius 3 is 2.81 bits per heavy atom. The Hall–Kier alpha value is -1.79. The SMILES string of the molecule is CNCC1CCN(C(=O)C2CC(=O)N(c3cc(C)ccc3OC)C2)C1.Cl. The van der Waals surface area contributed by atoms with E-state index in [-0.39, 0.29) is 36.6 Å². The molecule has 3 rings (SSSR count). The molecule has 0 spiro atoms. The number of carbonyl (C=O) groups excluding carboxylic acids is 2. The smallest absolute Gasteiger partial charge is 0.228 e. The molecule has 2 aliphatic heterocycles. The minimum atomic E-state index is -0.258. The third-order valence-electron chi connectivity index (χ3n) is 5.19. The largest absolute Gasteiger partial charge is 0.495 e. The van der Waals surface area contributed by atoms with E-state index in [1.807, 2.05) is 37.1 Å².